The molecular formula is C8H7BrF3N. The fraction of sp³-hybridized carbons (Fsp3) is 0.250. The highest BCUT2D eigenvalue weighted by Crippen LogP contribution is 2.23. The van der Waals surface area contributed by atoms with Gasteiger partial charge in [-0.05, 0) is 12.1 Å². The maximum Gasteiger partial charge on any atom is 0.150 e. The summed E-state index contributed by atoms with van der Waals surface area (Å²) in [6, 6.07) is 2.23. The molecule has 0 heterocycles. The molecule has 1 aromatic rings. The molecule has 5 heteroatoms. The van der Waals surface area contributed by atoms with Crippen LogP contribution in [0.1, 0.15) is 0 Å². The van der Waals surface area contributed by atoms with Gasteiger partial charge in [-0.1, -0.05) is 15.9 Å². The van der Waals surface area contributed by atoms with Crippen LogP contribution in [-0.4, -0.2) is 13.2 Å². The van der Waals surface area contributed by atoms with E-state index in [0.717, 1.165) is 12.1 Å². The largest absolute Gasteiger partial charge is 0.378 e. The Morgan fingerprint density at radius 2 is 1.77 bits per heavy atom. The average molecular weight is 254 g/mol. The second kappa shape index (κ2) is 4.50. The zero-order chi connectivity index (χ0) is 9.84. The van der Waals surface area contributed by atoms with Crippen molar-refractivity contribution < 1.29 is 13.2 Å². The molecule has 0 saturated carbocycles. The van der Waals surface area contributed by atoms with Gasteiger partial charge in [0.05, 0.1) is 0 Å². The summed E-state index contributed by atoms with van der Waals surface area (Å²) in [5, 5.41) is 2.31. The van der Waals surface area contributed by atoms with E-state index >= 15 is 0 Å². The molecule has 0 fully saturated rings. The Hall–Kier alpha value is -0.710. The van der Waals surface area contributed by atoms with Gasteiger partial charge in [-0.25, -0.2) is 13.2 Å². The Morgan fingerprint density at radius 1 is 1.23 bits per heavy atom. The zero-order valence-electron chi connectivity index (χ0n) is 6.58. The van der Waals surface area contributed by atoms with Crippen LogP contribution < -0.4 is 5.32 Å². The van der Waals surface area contributed by atoms with Crippen molar-refractivity contribution in [1.82, 2.24) is 0 Å². The maximum absolute atomic E-state index is 13.0. The average Bonchev–Trinajstić information content (AvgIpc) is 2.02. The van der Waals surface area contributed by atoms with Crippen LogP contribution in [0.25, 0.3) is 0 Å². The summed E-state index contributed by atoms with van der Waals surface area (Å²) in [6.07, 6.45) is 0. The summed E-state index contributed by atoms with van der Waals surface area (Å²) < 4.78 is 38.0. The maximum atomic E-state index is 13.0. The van der Waals surface area contributed by atoms with Gasteiger partial charge in [-0.2, -0.15) is 0 Å². The van der Waals surface area contributed by atoms with Crippen LogP contribution in [0.2, 0.25) is 0 Å². The van der Waals surface area contributed by atoms with Crippen LogP contribution in [0, 0.1) is 11.6 Å². The number of nitrogens with one attached hydrogen (secondary N) is 1. The molecule has 1 nitrogen and oxygen atoms in total. The molecule has 0 aromatic heterocycles. The predicted molar refractivity (Wildman–Crippen MR) is 48.5 cm³/mol. The second-order valence-electron chi connectivity index (χ2n) is 2.36. The molecule has 0 saturated heterocycles. The van der Waals surface area contributed by atoms with E-state index in [4.69, 9.17) is 0 Å². The van der Waals surface area contributed by atoms with Crippen molar-refractivity contribution in [2.24, 2.45) is 0 Å². The highest BCUT2D eigenvalue weighted by atomic mass is 79.9. The third kappa shape index (κ3) is 2.62. The van der Waals surface area contributed by atoms with Crippen molar-refractivity contribution in [1.29, 1.82) is 0 Å². The summed E-state index contributed by atoms with van der Waals surface area (Å²) in [7, 11) is 0. The molecule has 0 spiro atoms. The van der Waals surface area contributed by atoms with E-state index in [0.29, 0.717) is 4.47 Å². The highest BCUT2D eigenvalue weighted by Gasteiger charge is 2.09. The van der Waals surface area contributed by atoms with Crippen LogP contribution in [0.4, 0.5) is 18.9 Å². The third-order valence-corrected chi connectivity index (χ3v) is 1.86. The lowest BCUT2D eigenvalue weighted by Gasteiger charge is -2.06. The van der Waals surface area contributed by atoms with E-state index < -0.39 is 18.3 Å². The van der Waals surface area contributed by atoms with Crippen LogP contribution in [0.3, 0.4) is 0 Å². The molecule has 0 aliphatic rings. The van der Waals surface area contributed by atoms with Crippen molar-refractivity contribution in [2.45, 2.75) is 0 Å². The van der Waals surface area contributed by atoms with Crippen molar-refractivity contribution >= 4 is 21.6 Å². The van der Waals surface area contributed by atoms with Crippen molar-refractivity contribution in [3.63, 3.8) is 0 Å². The first-order valence-corrected chi connectivity index (χ1v) is 4.39. The first kappa shape index (κ1) is 10.4. The Balaban J connectivity index is 2.92. The number of anilines is 1. The quantitative estimate of drug-likeness (QED) is 0.873. The van der Waals surface area contributed by atoms with Crippen LogP contribution in [-0.2, 0) is 0 Å². The molecule has 1 N–H and O–H groups in total. The Bertz CT molecular complexity index is 280. The van der Waals surface area contributed by atoms with E-state index in [-0.39, 0.29) is 12.2 Å². The number of rotatable bonds is 3. The fourth-order valence-electron chi connectivity index (χ4n) is 0.883. The minimum atomic E-state index is -0.736. The lowest BCUT2D eigenvalue weighted by Crippen LogP contribution is -2.06. The zero-order valence-corrected chi connectivity index (χ0v) is 8.17. The monoisotopic (exact) mass is 253 g/mol. The molecule has 0 radical (unpaired) electrons. The molecule has 0 unspecified atom stereocenters. The SMILES string of the molecule is FCCNc1c(F)cc(Br)cc1F. The lowest BCUT2D eigenvalue weighted by molar-refractivity contribution is 0.509. The number of hydrogen-bond acceptors (Lipinski definition) is 1. The van der Waals surface area contributed by atoms with Crippen LogP contribution in [0.5, 0.6) is 0 Å². The van der Waals surface area contributed by atoms with E-state index in [2.05, 4.69) is 21.2 Å². The molecular weight excluding hydrogens is 247 g/mol. The standard InChI is InChI=1S/C8H7BrF3N/c9-5-3-6(11)8(7(12)4-5)13-2-1-10/h3-4,13H,1-2H2. The van der Waals surface area contributed by atoms with Gasteiger partial charge < -0.3 is 5.32 Å². The van der Waals surface area contributed by atoms with Gasteiger partial charge in [0.1, 0.15) is 24.0 Å². The summed E-state index contributed by atoms with van der Waals surface area (Å²) >= 11 is 2.93. The molecule has 1 aromatic carbocycles. The minimum absolute atomic E-state index is 0.102. The van der Waals surface area contributed by atoms with Gasteiger partial charge in [0, 0.05) is 11.0 Å². The van der Waals surface area contributed by atoms with E-state index in [9.17, 15) is 13.2 Å². The Morgan fingerprint density at radius 3 is 2.23 bits per heavy atom. The van der Waals surface area contributed by atoms with Gasteiger partial charge >= 0.3 is 0 Å². The number of benzene rings is 1. The van der Waals surface area contributed by atoms with Gasteiger partial charge in [0.15, 0.2) is 0 Å². The molecule has 0 aliphatic heterocycles. The van der Waals surface area contributed by atoms with Crippen molar-refractivity contribution in [3.8, 4) is 0 Å². The number of halogens is 4. The normalized spacial score (nSPS) is 10.2. The first-order valence-electron chi connectivity index (χ1n) is 3.59. The first-order chi connectivity index (χ1) is 6.15. The van der Waals surface area contributed by atoms with Crippen molar-refractivity contribution in [3.05, 3.63) is 28.2 Å². The number of hydrogen-bond donors (Lipinski definition) is 1. The third-order valence-electron chi connectivity index (χ3n) is 1.40. The van der Waals surface area contributed by atoms with E-state index in [1.165, 1.54) is 0 Å². The second-order valence-corrected chi connectivity index (χ2v) is 3.28. The molecule has 72 valence electrons. The van der Waals surface area contributed by atoms with Gasteiger partial charge in [-0.15, -0.1) is 0 Å². The summed E-state index contributed by atoms with van der Waals surface area (Å²) in [4.78, 5) is 0. The minimum Gasteiger partial charge on any atom is -0.378 e. The summed E-state index contributed by atoms with van der Waals surface area (Å²) in [5.41, 5.74) is -0.291. The predicted octanol–water partition coefficient (Wildman–Crippen LogP) is 3.11. The summed E-state index contributed by atoms with van der Waals surface area (Å²) in [6.45, 7) is -0.773. The van der Waals surface area contributed by atoms with Gasteiger partial charge in [0.2, 0.25) is 0 Å². The molecule has 0 aliphatic carbocycles. The fourth-order valence-corrected chi connectivity index (χ4v) is 1.29. The molecule has 1 rings (SSSR count). The van der Waals surface area contributed by atoms with Gasteiger partial charge in [0.25, 0.3) is 0 Å². The van der Waals surface area contributed by atoms with Crippen LogP contribution in [0.15, 0.2) is 16.6 Å². The van der Waals surface area contributed by atoms with Crippen molar-refractivity contribution in [2.75, 3.05) is 18.5 Å². The molecule has 0 atom stereocenters. The van der Waals surface area contributed by atoms with Crippen LogP contribution >= 0.6 is 15.9 Å². The topological polar surface area (TPSA) is 12.0 Å². The Labute approximate surface area is 82.1 Å². The smallest absolute Gasteiger partial charge is 0.150 e. The molecule has 0 amide bonds. The van der Waals surface area contributed by atoms with E-state index in [1.54, 1.807) is 0 Å². The molecule has 13 heavy (non-hydrogen) atoms. The number of alkyl halides is 1. The lowest BCUT2D eigenvalue weighted by atomic mass is 10.3. The highest BCUT2D eigenvalue weighted by molar-refractivity contribution is 9.10. The molecule has 0 bridgehead atoms. The van der Waals surface area contributed by atoms with E-state index in [1.807, 2.05) is 0 Å². The van der Waals surface area contributed by atoms with Gasteiger partial charge in [-0.3, -0.25) is 0 Å². The Kier molecular flexibility index (Phi) is 3.59. The summed E-state index contributed by atoms with van der Waals surface area (Å²) in [5.74, 6) is -1.47.